The molecule has 4 nitrogen and oxygen atoms in total. The molecule has 0 aliphatic carbocycles. The summed E-state index contributed by atoms with van der Waals surface area (Å²) in [5, 5.41) is 0. The second-order valence-corrected chi connectivity index (χ2v) is 7.21. The number of carbonyl (C=O) groups is 1. The van der Waals surface area contributed by atoms with Crippen LogP contribution in [-0.2, 0) is 14.9 Å². The van der Waals surface area contributed by atoms with Gasteiger partial charge in [-0.1, -0.05) is 12.1 Å². The van der Waals surface area contributed by atoms with Crippen molar-refractivity contribution in [2.75, 3.05) is 26.3 Å². The van der Waals surface area contributed by atoms with Crippen molar-refractivity contribution < 1.29 is 13.9 Å². The summed E-state index contributed by atoms with van der Waals surface area (Å²) in [4.78, 5) is 15.4. The summed E-state index contributed by atoms with van der Waals surface area (Å²) < 4.78 is 18.8. The Bertz CT molecular complexity index is 567. The number of nitrogens with zero attached hydrogens (tertiary/aromatic N) is 1. The van der Waals surface area contributed by atoms with Crippen molar-refractivity contribution in [3.8, 4) is 0 Å². The van der Waals surface area contributed by atoms with Gasteiger partial charge in [0, 0.05) is 32.3 Å². The Hall–Kier alpha value is -1.46. The van der Waals surface area contributed by atoms with Crippen LogP contribution in [0, 0.1) is 11.7 Å². The van der Waals surface area contributed by atoms with Crippen molar-refractivity contribution >= 4 is 5.91 Å². The Morgan fingerprint density at radius 2 is 2.00 bits per heavy atom. The zero-order valence-electron chi connectivity index (χ0n) is 14.3. The molecule has 0 bridgehead atoms. The summed E-state index contributed by atoms with van der Waals surface area (Å²) in [6.07, 6.45) is 3.37. The summed E-state index contributed by atoms with van der Waals surface area (Å²) in [6.45, 7) is 4.65. The van der Waals surface area contributed by atoms with Gasteiger partial charge in [0.1, 0.15) is 5.82 Å². The summed E-state index contributed by atoms with van der Waals surface area (Å²) >= 11 is 0. The first-order valence-electron chi connectivity index (χ1n) is 8.92. The molecule has 3 rings (SSSR count). The van der Waals surface area contributed by atoms with Gasteiger partial charge in [-0.3, -0.25) is 4.79 Å². The molecule has 24 heavy (non-hydrogen) atoms. The van der Waals surface area contributed by atoms with E-state index in [1.807, 2.05) is 11.8 Å². The Morgan fingerprint density at radius 3 is 2.62 bits per heavy atom. The molecule has 1 amide bonds. The lowest BCUT2D eigenvalue weighted by Gasteiger charge is -2.43. The van der Waals surface area contributed by atoms with E-state index >= 15 is 0 Å². The molecule has 2 aliphatic heterocycles. The second kappa shape index (κ2) is 7.19. The van der Waals surface area contributed by atoms with Crippen LogP contribution in [0.5, 0.6) is 0 Å². The predicted octanol–water partition coefficient (Wildman–Crippen LogP) is 2.46. The molecule has 2 aliphatic rings. The van der Waals surface area contributed by atoms with Crippen LogP contribution in [-0.4, -0.2) is 43.2 Å². The van der Waals surface area contributed by atoms with Gasteiger partial charge in [0.2, 0.25) is 5.91 Å². The molecule has 5 heteroatoms. The normalized spacial score (nSPS) is 25.3. The number of benzene rings is 1. The topological polar surface area (TPSA) is 55.6 Å². The van der Waals surface area contributed by atoms with Gasteiger partial charge in [-0.25, -0.2) is 4.39 Å². The fraction of sp³-hybridized carbons (Fsp3) is 0.632. The molecule has 0 spiro atoms. The number of halogens is 1. The van der Waals surface area contributed by atoms with E-state index in [9.17, 15) is 9.18 Å². The van der Waals surface area contributed by atoms with Crippen LogP contribution >= 0.6 is 0 Å². The van der Waals surface area contributed by atoms with Gasteiger partial charge < -0.3 is 15.4 Å². The number of hydrogen-bond donors (Lipinski definition) is 1. The van der Waals surface area contributed by atoms with Gasteiger partial charge in [-0.15, -0.1) is 0 Å². The van der Waals surface area contributed by atoms with Gasteiger partial charge in [0.05, 0.1) is 5.41 Å². The number of piperidine rings is 1. The minimum atomic E-state index is -0.592. The first kappa shape index (κ1) is 17.4. The van der Waals surface area contributed by atoms with Gasteiger partial charge in [-0.2, -0.15) is 0 Å². The Kier molecular flexibility index (Phi) is 5.21. The highest BCUT2D eigenvalue weighted by molar-refractivity contribution is 5.88. The van der Waals surface area contributed by atoms with Crippen molar-refractivity contribution in [1.82, 2.24) is 4.90 Å². The maximum atomic E-state index is 13.5. The van der Waals surface area contributed by atoms with Crippen LogP contribution in [0.25, 0.3) is 0 Å². The average Bonchev–Trinajstić information content (AvgIpc) is 2.62. The molecule has 2 atom stereocenters. The third kappa shape index (κ3) is 3.33. The smallest absolute Gasteiger partial charge is 0.233 e. The van der Waals surface area contributed by atoms with Crippen LogP contribution in [0.1, 0.15) is 38.2 Å². The first-order valence-corrected chi connectivity index (χ1v) is 8.92. The van der Waals surface area contributed by atoms with E-state index in [0.717, 1.165) is 31.5 Å². The molecule has 2 N–H and O–H groups in total. The van der Waals surface area contributed by atoms with E-state index in [1.165, 1.54) is 12.1 Å². The summed E-state index contributed by atoms with van der Waals surface area (Å²) in [5.74, 6) is 0.235. The largest absolute Gasteiger partial charge is 0.381 e. The Labute approximate surface area is 143 Å². The Morgan fingerprint density at radius 1 is 1.33 bits per heavy atom. The van der Waals surface area contributed by atoms with Gasteiger partial charge in [0.25, 0.3) is 0 Å². The fourth-order valence-corrected chi connectivity index (χ4v) is 4.04. The van der Waals surface area contributed by atoms with Crippen molar-refractivity contribution in [3.05, 3.63) is 35.6 Å². The molecule has 2 unspecified atom stereocenters. The summed E-state index contributed by atoms with van der Waals surface area (Å²) in [6, 6.07) is 6.50. The first-order chi connectivity index (χ1) is 11.5. The third-order valence-electron chi connectivity index (χ3n) is 5.64. The van der Waals surface area contributed by atoms with Crippen LogP contribution in [0.4, 0.5) is 4.39 Å². The lowest BCUT2D eigenvalue weighted by Crippen LogP contribution is -2.54. The summed E-state index contributed by atoms with van der Waals surface area (Å²) in [7, 11) is 0. The average molecular weight is 334 g/mol. The quantitative estimate of drug-likeness (QED) is 0.924. The van der Waals surface area contributed by atoms with Crippen molar-refractivity contribution in [2.45, 2.75) is 44.1 Å². The monoisotopic (exact) mass is 334 g/mol. The molecule has 1 aromatic rings. The lowest BCUT2D eigenvalue weighted by atomic mass is 9.72. The van der Waals surface area contributed by atoms with Gasteiger partial charge in [-0.05, 0) is 56.2 Å². The molecule has 2 heterocycles. The van der Waals surface area contributed by atoms with Crippen LogP contribution in [0.15, 0.2) is 24.3 Å². The molecular formula is C19H27FN2O2. The second-order valence-electron chi connectivity index (χ2n) is 7.21. The SMILES string of the molecule is CC(N)C1CCCN(C(=O)C2(c3ccc(F)cc3)CCOCC2)C1. The molecular weight excluding hydrogens is 307 g/mol. The van der Waals surface area contributed by atoms with E-state index in [1.54, 1.807) is 12.1 Å². The van der Waals surface area contributed by atoms with E-state index in [2.05, 4.69) is 0 Å². The number of hydrogen-bond acceptors (Lipinski definition) is 3. The fourth-order valence-electron chi connectivity index (χ4n) is 4.04. The molecule has 0 saturated carbocycles. The molecule has 2 saturated heterocycles. The number of likely N-dealkylation sites (tertiary alicyclic amines) is 1. The van der Waals surface area contributed by atoms with E-state index < -0.39 is 5.41 Å². The number of carbonyl (C=O) groups excluding carboxylic acids is 1. The lowest BCUT2D eigenvalue weighted by molar-refractivity contribution is -0.143. The van der Waals surface area contributed by atoms with Gasteiger partial charge in [0.15, 0.2) is 0 Å². The zero-order chi connectivity index (χ0) is 17.2. The maximum Gasteiger partial charge on any atom is 0.233 e. The van der Waals surface area contributed by atoms with E-state index in [-0.39, 0.29) is 17.8 Å². The van der Waals surface area contributed by atoms with Crippen LogP contribution in [0.2, 0.25) is 0 Å². The highest BCUT2D eigenvalue weighted by atomic mass is 19.1. The maximum absolute atomic E-state index is 13.5. The number of amides is 1. The third-order valence-corrected chi connectivity index (χ3v) is 5.64. The van der Waals surface area contributed by atoms with Crippen LogP contribution < -0.4 is 5.73 Å². The molecule has 132 valence electrons. The minimum absolute atomic E-state index is 0.0945. The van der Waals surface area contributed by atoms with Crippen molar-refractivity contribution in [3.63, 3.8) is 0 Å². The van der Waals surface area contributed by atoms with Gasteiger partial charge >= 0.3 is 0 Å². The minimum Gasteiger partial charge on any atom is -0.381 e. The summed E-state index contributed by atoms with van der Waals surface area (Å²) in [5.41, 5.74) is 6.38. The molecule has 2 fully saturated rings. The van der Waals surface area contributed by atoms with Crippen LogP contribution in [0.3, 0.4) is 0 Å². The molecule has 0 radical (unpaired) electrons. The number of rotatable bonds is 3. The molecule has 0 aromatic heterocycles. The highest BCUT2D eigenvalue weighted by Gasteiger charge is 2.45. The highest BCUT2D eigenvalue weighted by Crippen LogP contribution is 2.38. The Balaban J connectivity index is 1.88. The van der Waals surface area contributed by atoms with E-state index in [0.29, 0.717) is 32.0 Å². The van der Waals surface area contributed by atoms with Crippen molar-refractivity contribution in [1.29, 1.82) is 0 Å². The molecule has 1 aromatic carbocycles. The zero-order valence-corrected chi connectivity index (χ0v) is 14.3. The predicted molar refractivity (Wildman–Crippen MR) is 91.1 cm³/mol. The standard InChI is InChI=1S/C19H27FN2O2/c1-14(21)15-3-2-10-22(13-15)18(23)19(8-11-24-12-9-19)16-4-6-17(20)7-5-16/h4-7,14-15H,2-3,8-13,21H2,1H3. The number of ether oxygens (including phenoxy) is 1. The van der Waals surface area contributed by atoms with E-state index in [4.69, 9.17) is 10.5 Å². The number of nitrogens with two attached hydrogens (primary N) is 1. The van der Waals surface area contributed by atoms with Crippen molar-refractivity contribution in [2.24, 2.45) is 11.7 Å².